The number of hydrogen-bond acceptors (Lipinski definition) is 3. The number of ether oxygens (including phenoxy) is 1. The van der Waals surface area contributed by atoms with Crippen LogP contribution in [0.5, 0.6) is 0 Å². The van der Waals surface area contributed by atoms with Crippen LogP contribution < -0.4 is 0 Å². The van der Waals surface area contributed by atoms with E-state index in [2.05, 4.69) is 9.55 Å². The van der Waals surface area contributed by atoms with Crippen LogP contribution in [0.4, 0.5) is 0 Å². The lowest BCUT2D eigenvalue weighted by molar-refractivity contribution is -0.0202. The third-order valence-corrected chi connectivity index (χ3v) is 3.12. The minimum absolute atomic E-state index is 0.00992. The van der Waals surface area contributed by atoms with Crippen LogP contribution in [0.3, 0.4) is 0 Å². The van der Waals surface area contributed by atoms with Crippen molar-refractivity contribution in [3.8, 4) is 0 Å². The highest BCUT2D eigenvalue weighted by molar-refractivity contribution is 5.78. The van der Waals surface area contributed by atoms with E-state index in [1.54, 1.807) is 6.20 Å². The second-order valence-electron chi connectivity index (χ2n) is 4.13. The van der Waals surface area contributed by atoms with Gasteiger partial charge in [0.1, 0.15) is 6.23 Å². The molecule has 1 aliphatic heterocycles. The van der Waals surface area contributed by atoms with Crippen molar-refractivity contribution in [2.75, 3.05) is 6.61 Å². The molecule has 2 aromatic rings. The average molecular weight is 218 g/mol. The largest absolute Gasteiger partial charge is 0.394 e. The Morgan fingerprint density at radius 1 is 1.44 bits per heavy atom. The maximum Gasteiger partial charge on any atom is 0.134 e. The van der Waals surface area contributed by atoms with Crippen molar-refractivity contribution >= 4 is 10.9 Å². The van der Waals surface area contributed by atoms with Gasteiger partial charge in [-0.1, -0.05) is 0 Å². The van der Waals surface area contributed by atoms with Gasteiger partial charge in [-0.25, -0.2) is 0 Å². The SMILES string of the molecule is OC[C@@H]1CC[C@H](n2ccc3cnccc32)O1. The zero-order valence-electron chi connectivity index (χ0n) is 8.91. The first kappa shape index (κ1) is 9.81. The van der Waals surface area contributed by atoms with Gasteiger partial charge < -0.3 is 14.4 Å². The molecule has 1 saturated heterocycles. The number of aliphatic hydroxyl groups excluding tert-OH is 1. The summed E-state index contributed by atoms with van der Waals surface area (Å²) in [4.78, 5) is 4.09. The summed E-state index contributed by atoms with van der Waals surface area (Å²) in [6, 6.07) is 4.03. The Bertz CT molecular complexity index is 494. The van der Waals surface area contributed by atoms with Gasteiger partial charge in [0.2, 0.25) is 0 Å². The smallest absolute Gasteiger partial charge is 0.134 e. The van der Waals surface area contributed by atoms with Crippen LogP contribution in [-0.4, -0.2) is 27.4 Å². The number of aromatic nitrogens is 2. The zero-order valence-corrected chi connectivity index (χ0v) is 8.91. The second kappa shape index (κ2) is 3.88. The van der Waals surface area contributed by atoms with E-state index in [0.717, 1.165) is 23.7 Å². The normalized spacial score (nSPS) is 25.3. The Balaban J connectivity index is 1.95. The number of nitrogens with zero attached hydrogens (tertiary/aromatic N) is 2. The van der Waals surface area contributed by atoms with Gasteiger partial charge in [-0.05, 0) is 25.0 Å². The molecule has 0 unspecified atom stereocenters. The van der Waals surface area contributed by atoms with Gasteiger partial charge >= 0.3 is 0 Å². The first-order valence-electron chi connectivity index (χ1n) is 5.55. The van der Waals surface area contributed by atoms with E-state index in [-0.39, 0.29) is 18.9 Å². The summed E-state index contributed by atoms with van der Waals surface area (Å²) in [5, 5.41) is 10.2. The summed E-state index contributed by atoms with van der Waals surface area (Å²) < 4.78 is 7.87. The van der Waals surface area contributed by atoms with Gasteiger partial charge in [0.25, 0.3) is 0 Å². The Kier molecular flexibility index (Phi) is 2.38. The molecule has 3 rings (SSSR count). The molecule has 0 spiro atoms. The molecular formula is C12H14N2O2. The Morgan fingerprint density at radius 2 is 2.38 bits per heavy atom. The van der Waals surface area contributed by atoms with E-state index in [4.69, 9.17) is 9.84 Å². The molecule has 0 radical (unpaired) electrons. The van der Waals surface area contributed by atoms with Crippen LogP contribution in [0.15, 0.2) is 30.7 Å². The lowest BCUT2D eigenvalue weighted by Gasteiger charge is -2.15. The standard InChI is InChI=1S/C12H14N2O2/c15-8-10-1-2-12(16-10)14-6-4-9-7-13-5-3-11(9)14/h3-7,10,12,15H,1-2,8H2/t10-,12+/m0/s1. The molecule has 1 aliphatic rings. The van der Waals surface area contributed by atoms with Gasteiger partial charge in [-0.2, -0.15) is 0 Å². The third-order valence-electron chi connectivity index (χ3n) is 3.12. The van der Waals surface area contributed by atoms with Gasteiger partial charge in [0, 0.05) is 24.0 Å². The first-order chi connectivity index (χ1) is 7.88. The Labute approximate surface area is 93.5 Å². The fraction of sp³-hybridized carbons (Fsp3) is 0.417. The van der Waals surface area contributed by atoms with Crippen molar-refractivity contribution in [3.63, 3.8) is 0 Å². The van der Waals surface area contributed by atoms with Crippen LogP contribution in [0.2, 0.25) is 0 Å². The molecule has 0 aliphatic carbocycles. The summed E-state index contributed by atoms with van der Waals surface area (Å²) in [5.41, 5.74) is 1.14. The summed E-state index contributed by atoms with van der Waals surface area (Å²) in [5.74, 6) is 0. The Hall–Kier alpha value is -1.39. The van der Waals surface area contributed by atoms with E-state index in [0.29, 0.717) is 0 Å². The lowest BCUT2D eigenvalue weighted by atomic mass is 10.2. The maximum absolute atomic E-state index is 9.05. The minimum atomic E-state index is -0.00992. The van der Waals surface area contributed by atoms with Crippen LogP contribution >= 0.6 is 0 Å². The highest BCUT2D eigenvalue weighted by Gasteiger charge is 2.26. The highest BCUT2D eigenvalue weighted by atomic mass is 16.5. The van der Waals surface area contributed by atoms with Gasteiger partial charge in [0.15, 0.2) is 0 Å². The molecule has 0 bridgehead atoms. The minimum Gasteiger partial charge on any atom is -0.394 e. The molecule has 0 amide bonds. The molecule has 16 heavy (non-hydrogen) atoms. The summed E-state index contributed by atoms with van der Waals surface area (Å²) in [7, 11) is 0. The second-order valence-corrected chi connectivity index (χ2v) is 4.13. The van der Waals surface area contributed by atoms with Crippen molar-refractivity contribution in [1.82, 2.24) is 9.55 Å². The Morgan fingerprint density at radius 3 is 3.19 bits per heavy atom. The molecule has 4 nitrogen and oxygen atoms in total. The van der Waals surface area contributed by atoms with Crippen molar-refractivity contribution < 1.29 is 9.84 Å². The third kappa shape index (κ3) is 1.50. The number of rotatable bonds is 2. The van der Waals surface area contributed by atoms with Crippen molar-refractivity contribution in [2.24, 2.45) is 0 Å². The van der Waals surface area contributed by atoms with Crippen LogP contribution in [0.1, 0.15) is 19.1 Å². The number of hydrogen-bond donors (Lipinski definition) is 1. The summed E-state index contributed by atoms with van der Waals surface area (Å²) in [6.07, 6.45) is 7.59. The van der Waals surface area contributed by atoms with Crippen molar-refractivity contribution in [2.45, 2.75) is 25.2 Å². The predicted octanol–water partition coefficient (Wildman–Crippen LogP) is 1.71. The molecule has 1 fully saturated rings. The molecule has 2 aromatic heterocycles. The summed E-state index contributed by atoms with van der Waals surface area (Å²) in [6.45, 7) is 0.108. The molecule has 2 atom stereocenters. The van der Waals surface area contributed by atoms with Crippen molar-refractivity contribution in [1.29, 1.82) is 0 Å². The molecule has 0 aromatic carbocycles. The van der Waals surface area contributed by atoms with Gasteiger partial charge in [0.05, 0.1) is 18.2 Å². The molecule has 0 saturated carbocycles. The number of fused-ring (bicyclic) bond motifs is 1. The van der Waals surface area contributed by atoms with E-state index in [1.807, 2.05) is 24.5 Å². The fourth-order valence-corrected chi connectivity index (χ4v) is 2.28. The lowest BCUT2D eigenvalue weighted by Crippen LogP contribution is -2.13. The van der Waals surface area contributed by atoms with Crippen LogP contribution in [0.25, 0.3) is 10.9 Å². The molecule has 84 valence electrons. The quantitative estimate of drug-likeness (QED) is 0.834. The molecule has 1 N–H and O–H groups in total. The molecular weight excluding hydrogens is 204 g/mol. The topological polar surface area (TPSA) is 47.3 Å². The summed E-state index contributed by atoms with van der Waals surface area (Å²) >= 11 is 0. The van der Waals surface area contributed by atoms with E-state index in [1.165, 1.54) is 0 Å². The van der Waals surface area contributed by atoms with E-state index < -0.39 is 0 Å². The zero-order chi connectivity index (χ0) is 11.0. The number of pyridine rings is 1. The van der Waals surface area contributed by atoms with Crippen molar-refractivity contribution in [3.05, 3.63) is 30.7 Å². The monoisotopic (exact) mass is 218 g/mol. The van der Waals surface area contributed by atoms with E-state index >= 15 is 0 Å². The number of aliphatic hydroxyl groups is 1. The average Bonchev–Trinajstić information content (AvgIpc) is 2.94. The van der Waals surface area contributed by atoms with Gasteiger partial charge in [-0.3, -0.25) is 4.98 Å². The predicted molar refractivity (Wildman–Crippen MR) is 60.0 cm³/mol. The first-order valence-corrected chi connectivity index (χ1v) is 5.55. The molecule has 4 heteroatoms. The van der Waals surface area contributed by atoms with Gasteiger partial charge in [-0.15, -0.1) is 0 Å². The maximum atomic E-state index is 9.05. The fourth-order valence-electron chi connectivity index (χ4n) is 2.28. The highest BCUT2D eigenvalue weighted by Crippen LogP contribution is 2.31. The van der Waals surface area contributed by atoms with Crippen LogP contribution in [0, 0.1) is 0 Å². The van der Waals surface area contributed by atoms with E-state index in [9.17, 15) is 0 Å². The molecule has 3 heterocycles. The van der Waals surface area contributed by atoms with Crippen LogP contribution in [-0.2, 0) is 4.74 Å².